The molecule has 0 aliphatic heterocycles. The molecule has 156 valence electrons. The van der Waals surface area contributed by atoms with Gasteiger partial charge >= 0.3 is 11.9 Å². The number of carbonyl (C=O) groups excluding carboxylic acids is 2. The van der Waals surface area contributed by atoms with E-state index in [1.54, 1.807) is 6.92 Å². The Kier molecular flexibility index (Phi) is 6.89. The van der Waals surface area contributed by atoms with E-state index >= 15 is 0 Å². The number of esters is 2. The van der Waals surface area contributed by atoms with Gasteiger partial charge < -0.3 is 9.47 Å². The number of hydrogen-bond acceptors (Lipinski definition) is 4. The van der Waals surface area contributed by atoms with Crippen molar-refractivity contribution in [2.45, 2.75) is 60.3 Å². The molecule has 0 aromatic heterocycles. The van der Waals surface area contributed by atoms with Gasteiger partial charge in [0.15, 0.2) is 0 Å². The number of allylic oxidation sites excluding steroid dienone is 8. The van der Waals surface area contributed by atoms with Crippen LogP contribution in [0, 0.1) is 10.8 Å². The number of rotatable bonds is 7. The van der Waals surface area contributed by atoms with Crippen LogP contribution in [0.4, 0.5) is 0 Å². The van der Waals surface area contributed by atoms with Gasteiger partial charge in [0, 0.05) is 24.5 Å². The largest absolute Gasteiger partial charge is 0.428 e. The van der Waals surface area contributed by atoms with E-state index in [0.717, 1.165) is 12.8 Å². The molecular weight excluding hydrogens is 364 g/mol. The Hall–Kier alpha value is -2.62. The molecule has 4 heteroatoms. The highest BCUT2D eigenvalue weighted by Gasteiger charge is 2.42. The molecule has 0 saturated heterocycles. The predicted octanol–water partition coefficient (Wildman–Crippen LogP) is 6.10. The molecule has 2 aliphatic rings. The maximum absolute atomic E-state index is 11.7. The minimum atomic E-state index is -0.421. The lowest BCUT2D eigenvalue weighted by atomic mass is 9.58. The van der Waals surface area contributed by atoms with Crippen LogP contribution in [0.25, 0.3) is 0 Å². The quantitative estimate of drug-likeness (QED) is 0.386. The van der Waals surface area contributed by atoms with E-state index in [1.807, 2.05) is 12.2 Å². The Bertz CT molecular complexity index is 844. The average molecular weight is 397 g/mol. The summed E-state index contributed by atoms with van der Waals surface area (Å²) in [5.41, 5.74) is 2.86. The van der Waals surface area contributed by atoms with Crippen molar-refractivity contribution < 1.29 is 19.1 Å². The molecule has 0 radical (unpaired) electrons. The van der Waals surface area contributed by atoms with Crippen molar-refractivity contribution in [3.05, 3.63) is 71.8 Å². The molecule has 0 fully saturated rings. The third-order valence-electron chi connectivity index (χ3n) is 6.36. The van der Waals surface area contributed by atoms with Gasteiger partial charge in [0.2, 0.25) is 0 Å². The molecule has 0 saturated carbocycles. The zero-order valence-electron chi connectivity index (χ0n) is 18.3. The van der Waals surface area contributed by atoms with Crippen molar-refractivity contribution in [2.75, 3.05) is 0 Å². The van der Waals surface area contributed by atoms with Gasteiger partial charge in [-0.15, -0.1) is 0 Å². The SMILES string of the molecule is C=CC(=O)OC1=CC=C(C(C)(C)C(C)(C)C2=CC=C(OC(=O)C(=C)C)CC2)CC1. The summed E-state index contributed by atoms with van der Waals surface area (Å²) in [5.74, 6) is 0.565. The van der Waals surface area contributed by atoms with Crippen molar-refractivity contribution in [1.29, 1.82) is 0 Å². The lowest BCUT2D eigenvalue weighted by Gasteiger charge is -2.46. The molecule has 0 aromatic rings. The van der Waals surface area contributed by atoms with Gasteiger partial charge in [-0.05, 0) is 42.7 Å². The Labute approximate surface area is 174 Å². The van der Waals surface area contributed by atoms with Crippen LogP contribution in [0.2, 0.25) is 0 Å². The number of carbonyl (C=O) groups is 2. The molecule has 0 heterocycles. The summed E-state index contributed by atoms with van der Waals surface area (Å²) in [6, 6.07) is 0. The fraction of sp³-hybridized carbons (Fsp3) is 0.440. The third kappa shape index (κ3) is 5.06. The maximum Gasteiger partial charge on any atom is 0.338 e. The lowest BCUT2D eigenvalue weighted by molar-refractivity contribution is -0.135. The fourth-order valence-electron chi connectivity index (χ4n) is 3.63. The minimum absolute atomic E-state index is 0.0942. The van der Waals surface area contributed by atoms with E-state index in [4.69, 9.17) is 9.47 Å². The second kappa shape index (κ2) is 8.81. The molecule has 0 spiro atoms. The van der Waals surface area contributed by atoms with Gasteiger partial charge in [0.05, 0.1) is 0 Å². The Balaban J connectivity index is 2.19. The van der Waals surface area contributed by atoms with Crippen molar-refractivity contribution in [3.8, 4) is 0 Å². The molecule has 0 aromatic carbocycles. The van der Waals surface area contributed by atoms with Gasteiger partial charge in [-0.25, -0.2) is 9.59 Å². The predicted molar refractivity (Wildman–Crippen MR) is 116 cm³/mol. The van der Waals surface area contributed by atoms with Gasteiger partial charge in [0.25, 0.3) is 0 Å². The second-order valence-corrected chi connectivity index (χ2v) is 8.69. The molecule has 0 N–H and O–H groups in total. The summed E-state index contributed by atoms with van der Waals surface area (Å²) >= 11 is 0. The van der Waals surface area contributed by atoms with Crippen LogP contribution < -0.4 is 0 Å². The van der Waals surface area contributed by atoms with Crippen LogP contribution >= 0.6 is 0 Å². The lowest BCUT2D eigenvalue weighted by Crippen LogP contribution is -2.37. The molecule has 2 aliphatic carbocycles. The molecular formula is C25H32O4. The van der Waals surface area contributed by atoms with Crippen LogP contribution in [0.3, 0.4) is 0 Å². The van der Waals surface area contributed by atoms with E-state index in [1.165, 1.54) is 17.2 Å². The maximum atomic E-state index is 11.7. The van der Waals surface area contributed by atoms with E-state index in [0.29, 0.717) is 29.9 Å². The molecule has 4 nitrogen and oxygen atoms in total. The minimum Gasteiger partial charge on any atom is -0.428 e. The van der Waals surface area contributed by atoms with Crippen LogP contribution in [0.5, 0.6) is 0 Å². The van der Waals surface area contributed by atoms with Crippen molar-refractivity contribution in [1.82, 2.24) is 0 Å². The second-order valence-electron chi connectivity index (χ2n) is 8.69. The smallest absolute Gasteiger partial charge is 0.338 e. The molecule has 0 unspecified atom stereocenters. The van der Waals surface area contributed by atoms with Crippen molar-refractivity contribution in [2.24, 2.45) is 10.8 Å². The normalized spacial score (nSPS) is 17.3. The first-order chi connectivity index (χ1) is 13.5. The van der Waals surface area contributed by atoms with E-state index < -0.39 is 5.97 Å². The molecule has 0 amide bonds. The molecule has 29 heavy (non-hydrogen) atoms. The fourth-order valence-corrected chi connectivity index (χ4v) is 3.63. The number of hydrogen-bond donors (Lipinski definition) is 0. The Morgan fingerprint density at radius 1 is 0.862 bits per heavy atom. The van der Waals surface area contributed by atoms with E-state index in [2.05, 4.69) is 53.0 Å². The van der Waals surface area contributed by atoms with Crippen LogP contribution in [0.15, 0.2) is 71.8 Å². The standard InChI is InChI=1S/C25H32O4/c1-8-22(26)28-20-13-9-18(10-14-20)24(4,5)25(6,7)19-11-15-21(16-12-19)29-23(27)17(2)3/h8-9,11,13,15H,1-2,10,12,14,16H2,3-7H3. The molecule has 2 rings (SSSR count). The zero-order valence-corrected chi connectivity index (χ0v) is 18.3. The van der Waals surface area contributed by atoms with E-state index in [-0.39, 0.29) is 16.8 Å². The highest BCUT2D eigenvalue weighted by molar-refractivity contribution is 5.87. The first kappa shape index (κ1) is 22.7. The third-order valence-corrected chi connectivity index (χ3v) is 6.36. The summed E-state index contributed by atoms with van der Waals surface area (Å²) in [6.07, 6.45) is 12.2. The van der Waals surface area contributed by atoms with Gasteiger partial charge in [-0.1, -0.05) is 64.2 Å². The van der Waals surface area contributed by atoms with Gasteiger partial charge in [0.1, 0.15) is 11.5 Å². The first-order valence-electron chi connectivity index (χ1n) is 10.0. The van der Waals surface area contributed by atoms with Crippen molar-refractivity contribution >= 4 is 11.9 Å². The Morgan fingerprint density at radius 3 is 1.66 bits per heavy atom. The van der Waals surface area contributed by atoms with Crippen LogP contribution in [-0.4, -0.2) is 11.9 Å². The Morgan fingerprint density at radius 2 is 1.31 bits per heavy atom. The van der Waals surface area contributed by atoms with Crippen LogP contribution in [-0.2, 0) is 19.1 Å². The highest BCUT2D eigenvalue weighted by Crippen LogP contribution is 2.53. The van der Waals surface area contributed by atoms with Crippen molar-refractivity contribution in [3.63, 3.8) is 0 Å². The highest BCUT2D eigenvalue weighted by atomic mass is 16.5. The average Bonchev–Trinajstić information content (AvgIpc) is 2.68. The monoisotopic (exact) mass is 396 g/mol. The summed E-state index contributed by atoms with van der Waals surface area (Å²) in [6.45, 7) is 17.7. The van der Waals surface area contributed by atoms with Crippen LogP contribution in [0.1, 0.15) is 60.3 Å². The summed E-state index contributed by atoms with van der Waals surface area (Å²) in [5, 5.41) is 0. The first-order valence-corrected chi connectivity index (χ1v) is 10.0. The number of ether oxygens (including phenoxy) is 2. The summed E-state index contributed by atoms with van der Waals surface area (Å²) < 4.78 is 10.6. The zero-order chi connectivity index (χ0) is 21.8. The molecule has 0 atom stereocenters. The van der Waals surface area contributed by atoms with Gasteiger partial charge in [-0.3, -0.25) is 0 Å². The summed E-state index contributed by atoms with van der Waals surface area (Å²) in [4.78, 5) is 23.1. The molecule has 0 bridgehead atoms. The topological polar surface area (TPSA) is 52.6 Å². The summed E-state index contributed by atoms with van der Waals surface area (Å²) in [7, 11) is 0. The van der Waals surface area contributed by atoms with Gasteiger partial charge in [-0.2, -0.15) is 0 Å². The van der Waals surface area contributed by atoms with E-state index in [9.17, 15) is 9.59 Å².